The monoisotopic (exact) mass is 409 g/mol. The highest BCUT2D eigenvalue weighted by Gasteiger charge is 2.30. The first kappa shape index (κ1) is 19.7. The molecule has 3 aliphatic heterocycles. The lowest BCUT2D eigenvalue weighted by Gasteiger charge is -2.32. The molecule has 2 fully saturated rings. The van der Waals surface area contributed by atoms with Crippen molar-refractivity contribution < 1.29 is 14.2 Å². The zero-order valence-corrected chi connectivity index (χ0v) is 17.5. The third-order valence-corrected chi connectivity index (χ3v) is 6.25. The van der Waals surface area contributed by atoms with E-state index in [4.69, 9.17) is 14.2 Å². The lowest BCUT2D eigenvalue weighted by molar-refractivity contribution is 0.0565. The van der Waals surface area contributed by atoms with Gasteiger partial charge in [0.05, 0.1) is 6.67 Å². The van der Waals surface area contributed by atoms with Gasteiger partial charge in [0, 0.05) is 31.7 Å². The van der Waals surface area contributed by atoms with Gasteiger partial charge in [-0.25, -0.2) is 0 Å². The Labute approximate surface area is 178 Å². The summed E-state index contributed by atoms with van der Waals surface area (Å²) >= 11 is 0. The van der Waals surface area contributed by atoms with E-state index in [-0.39, 0.29) is 6.10 Å². The van der Waals surface area contributed by atoms with Gasteiger partial charge in [0.1, 0.15) is 25.1 Å². The maximum absolute atomic E-state index is 6.29. The van der Waals surface area contributed by atoms with Gasteiger partial charge in [-0.05, 0) is 43.6 Å². The molecule has 3 aliphatic rings. The SMILES string of the molecule is c1ccc(COc2ccc3c(c2)O[C@H](CN2CCN(C4CCNCC4)C2)CO3)cc1. The molecule has 0 aromatic heterocycles. The van der Waals surface area contributed by atoms with Crippen LogP contribution < -0.4 is 19.5 Å². The van der Waals surface area contributed by atoms with Gasteiger partial charge in [-0.15, -0.1) is 0 Å². The Morgan fingerprint density at radius 2 is 1.87 bits per heavy atom. The number of benzene rings is 2. The second-order valence-corrected chi connectivity index (χ2v) is 8.45. The molecular weight excluding hydrogens is 378 g/mol. The summed E-state index contributed by atoms with van der Waals surface area (Å²) < 4.78 is 18.2. The lowest BCUT2D eigenvalue weighted by atomic mass is 10.1. The standard InChI is InChI=1S/C24H31N3O3/c1-2-4-19(5-3-1)16-28-21-6-7-23-24(14-21)30-22(17-29-23)15-26-12-13-27(18-26)20-8-10-25-11-9-20/h1-7,14,20,22,25H,8-13,15-18H2/t22-/m1/s1. The van der Waals surface area contributed by atoms with Crippen LogP contribution in [0.4, 0.5) is 0 Å². The van der Waals surface area contributed by atoms with Crippen LogP contribution in [0, 0.1) is 0 Å². The molecular formula is C24H31N3O3. The van der Waals surface area contributed by atoms with Crippen molar-refractivity contribution in [2.75, 3.05) is 46.0 Å². The molecule has 0 unspecified atom stereocenters. The predicted octanol–water partition coefficient (Wildman–Crippen LogP) is 2.73. The van der Waals surface area contributed by atoms with Crippen LogP contribution >= 0.6 is 0 Å². The summed E-state index contributed by atoms with van der Waals surface area (Å²) in [5.74, 6) is 2.39. The summed E-state index contributed by atoms with van der Waals surface area (Å²) in [4.78, 5) is 5.13. The molecule has 30 heavy (non-hydrogen) atoms. The van der Waals surface area contributed by atoms with E-state index in [0.29, 0.717) is 13.2 Å². The number of piperidine rings is 1. The van der Waals surface area contributed by atoms with E-state index in [1.54, 1.807) is 0 Å². The molecule has 0 spiro atoms. The van der Waals surface area contributed by atoms with Gasteiger partial charge >= 0.3 is 0 Å². The second kappa shape index (κ2) is 9.25. The fourth-order valence-electron chi connectivity index (χ4n) is 4.59. The minimum atomic E-state index is 0.0508. The van der Waals surface area contributed by atoms with E-state index in [1.165, 1.54) is 12.8 Å². The molecule has 0 amide bonds. The zero-order chi connectivity index (χ0) is 20.2. The van der Waals surface area contributed by atoms with Gasteiger partial charge in [-0.3, -0.25) is 9.80 Å². The summed E-state index contributed by atoms with van der Waals surface area (Å²) in [6.45, 7) is 7.64. The molecule has 1 N–H and O–H groups in total. The van der Waals surface area contributed by atoms with E-state index in [0.717, 1.165) is 68.2 Å². The summed E-state index contributed by atoms with van der Waals surface area (Å²) in [5, 5.41) is 3.46. The molecule has 2 aromatic rings. The molecule has 5 rings (SSSR count). The smallest absolute Gasteiger partial charge is 0.165 e. The van der Waals surface area contributed by atoms with Crippen LogP contribution in [0.3, 0.4) is 0 Å². The molecule has 2 saturated heterocycles. The first-order chi connectivity index (χ1) is 14.8. The van der Waals surface area contributed by atoms with E-state index in [1.807, 2.05) is 36.4 Å². The number of hydrogen-bond acceptors (Lipinski definition) is 6. The number of fused-ring (bicyclic) bond motifs is 1. The lowest BCUT2D eigenvalue weighted by Crippen LogP contribution is -2.44. The van der Waals surface area contributed by atoms with Crippen molar-refractivity contribution in [2.24, 2.45) is 0 Å². The molecule has 0 saturated carbocycles. The molecule has 3 heterocycles. The quantitative estimate of drug-likeness (QED) is 0.792. The Kier molecular flexibility index (Phi) is 6.06. The number of rotatable bonds is 6. The first-order valence-corrected chi connectivity index (χ1v) is 11.1. The summed E-state index contributed by atoms with van der Waals surface area (Å²) in [7, 11) is 0. The predicted molar refractivity (Wildman–Crippen MR) is 116 cm³/mol. The van der Waals surface area contributed by atoms with Crippen LogP contribution in [0.5, 0.6) is 17.2 Å². The Morgan fingerprint density at radius 1 is 1.00 bits per heavy atom. The highest BCUT2D eigenvalue weighted by Crippen LogP contribution is 2.35. The topological polar surface area (TPSA) is 46.2 Å². The third kappa shape index (κ3) is 4.72. The Bertz CT molecular complexity index is 826. The van der Waals surface area contributed by atoms with Crippen molar-refractivity contribution in [1.29, 1.82) is 0 Å². The van der Waals surface area contributed by atoms with Crippen molar-refractivity contribution >= 4 is 0 Å². The largest absolute Gasteiger partial charge is 0.489 e. The van der Waals surface area contributed by atoms with E-state index in [2.05, 4.69) is 27.2 Å². The molecule has 2 aromatic carbocycles. The van der Waals surface area contributed by atoms with Gasteiger partial charge < -0.3 is 19.5 Å². The van der Waals surface area contributed by atoms with Gasteiger partial charge in [0.2, 0.25) is 0 Å². The molecule has 6 heteroatoms. The van der Waals surface area contributed by atoms with Crippen LogP contribution in [0.15, 0.2) is 48.5 Å². The van der Waals surface area contributed by atoms with Crippen molar-refractivity contribution in [3.05, 3.63) is 54.1 Å². The summed E-state index contributed by atoms with van der Waals surface area (Å²) in [6.07, 6.45) is 2.57. The number of nitrogens with one attached hydrogen (secondary N) is 1. The maximum atomic E-state index is 6.29. The van der Waals surface area contributed by atoms with Gasteiger partial charge in [-0.1, -0.05) is 30.3 Å². The van der Waals surface area contributed by atoms with E-state index >= 15 is 0 Å². The normalized spacial score (nSPS) is 22.9. The van der Waals surface area contributed by atoms with Crippen LogP contribution in [0.25, 0.3) is 0 Å². The minimum absolute atomic E-state index is 0.0508. The Hall–Kier alpha value is -2.28. The van der Waals surface area contributed by atoms with Gasteiger partial charge in [0.15, 0.2) is 11.5 Å². The minimum Gasteiger partial charge on any atom is -0.489 e. The van der Waals surface area contributed by atoms with E-state index in [9.17, 15) is 0 Å². The summed E-state index contributed by atoms with van der Waals surface area (Å²) in [6, 6.07) is 16.8. The van der Waals surface area contributed by atoms with Crippen molar-refractivity contribution in [1.82, 2.24) is 15.1 Å². The third-order valence-electron chi connectivity index (χ3n) is 6.25. The van der Waals surface area contributed by atoms with E-state index < -0.39 is 0 Å². The molecule has 1 atom stereocenters. The Balaban J connectivity index is 1.15. The van der Waals surface area contributed by atoms with Crippen LogP contribution in [0.1, 0.15) is 18.4 Å². The number of nitrogens with zero attached hydrogens (tertiary/aromatic N) is 2. The molecule has 160 valence electrons. The summed E-state index contributed by atoms with van der Waals surface area (Å²) in [5.41, 5.74) is 1.15. The Morgan fingerprint density at radius 3 is 2.73 bits per heavy atom. The average molecular weight is 410 g/mol. The molecule has 0 bridgehead atoms. The number of ether oxygens (including phenoxy) is 3. The van der Waals surface area contributed by atoms with Crippen molar-refractivity contribution in [2.45, 2.75) is 31.6 Å². The van der Waals surface area contributed by atoms with Crippen molar-refractivity contribution in [3.8, 4) is 17.2 Å². The first-order valence-electron chi connectivity index (χ1n) is 11.1. The number of hydrogen-bond donors (Lipinski definition) is 1. The fourth-order valence-corrected chi connectivity index (χ4v) is 4.59. The zero-order valence-electron chi connectivity index (χ0n) is 17.5. The highest BCUT2D eigenvalue weighted by molar-refractivity contribution is 5.46. The second-order valence-electron chi connectivity index (χ2n) is 8.45. The maximum Gasteiger partial charge on any atom is 0.165 e. The molecule has 6 nitrogen and oxygen atoms in total. The highest BCUT2D eigenvalue weighted by atomic mass is 16.6. The molecule has 0 radical (unpaired) electrons. The van der Waals surface area contributed by atoms with Gasteiger partial charge in [0.25, 0.3) is 0 Å². The van der Waals surface area contributed by atoms with Crippen LogP contribution in [0.2, 0.25) is 0 Å². The van der Waals surface area contributed by atoms with Crippen LogP contribution in [-0.2, 0) is 6.61 Å². The van der Waals surface area contributed by atoms with Crippen molar-refractivity contribution in [3.63, 3.8) is 0 Å². The fraction of sp³-hybridized carbons (Fsp3) is 0.500. The average Bonchev–Trinajstić information content (AvgIpc) is 3.27. The van der Waals surface area contributed by atoms with Crippen LogP contribution in [-0.4, -0.2) is 67.9 Å². The van der Waals surface area contributed by atoms with Gasteiger partial charge in [-0.2, -0.15) is 0 Å². The molecule has 0 aliphatic carbocycles.